The molecule has 0 saturated heterocycles. The van der Waals surface area contributed by atoms with Crippen molar-refractivity contribution in [3.05, 3.63) is 72.1 Å². The van der Waals surface area contributed by atoms with Crippen LogP contribution in [0.2, 0.25) is 0 Å². The Morgan fingerprint density at radius 1 is 1.11 bits per heavy atom. The second-order valence-electron chi connectivity index (χ2n) is 5.85. The van der Waals surface area contributed by atoms with Gasteiger partial charge in [0.15, 0.2) is 12.2 Å². The first kappa shape index (κ1) is 19.7. The van der Waals surface area contributed by atoms with Crippen molar-refractivity contribution in [2.75, 3.05) is 18.9 Å². The Labute approximate surface area is 167 Å². The summed E-state index contributed by atoms with van der Waals surface area (Å²) in [5.41, 5.74) is 2.60. The van der Waals surface area contributed by atoms with Gasteiger partial charge in [-0.2, -0.15) is 11.8 Å². The van der Waals surface area contributed by atoms with E-state index in [0.717, 1.165) is 11.5 Å². The first-order valence-corrected chi connectivity index (χ1v) is 9.95. The summed E-state index contributed by atoms with van der Waals surface area (Å²) in [6.45, 7) is 0.201. The number of esters is 1. The molecule has 0 atom stereocenters. The number of nitrogens with zero attached hydrogens (tertiary/aromatic N) is 1. The molecule has 3 rings (SSSR count). The Morgan fingerprint density at radius 2 is 1.89 bits per heavy atom. The summed E-state index contributed by atoms with van der Waals surface area (Å²) >= 11 is 1.73. The lowest BCUT2D eigenvalue weighted by Gasteiger charge is -2.05. The number of ether oxygens (including phenoxy) is 1. The third-order valence-corrected chi connectivity index (χ3v) is 4.73. The maximum Gasteiger partial charge on any atom is 0.331 e. The molecule has 0 unspecified atom stereocenters. The predicted octanol–water partition coefficient (Wildman–Crippen LogP) is 3.43. The quantitative estimate of drug-likeness (QED) is 0.339. The number of para-hydroxylation sites is 2. The molecular weight excluding hydrogens is 376 g/mol. The van der Waals surface area contributed by atoms with Gasteiger partial charge in [0.05, 0.1) is 0 Å². The third-order valence-electron chi connectivity index (χ3n) is 3.70. The van der Waals surface area contributed by atoms with Crippen LogP contribution in [0.25, 0.3) is 17.2 Å². The van der Waals surface area contributed by atoms with Gasteiger partial charge in [0.1, 0.15) is 5.52 Å². The highest BCUT2D eigenvalue weighted by atomic mass is 32.2. The number of carbonyl (C=O) groups is 2. The molecule has 1 aromatic heterocycles. The fourth-order valence-electron chi connectivity index (χ4n) is 2.36. The van der Waals surface area contributed by atoms with Crippen molar-refractivity contribution in [3.8, 4) is 0 Å². The number of fused-ring (bicyclic) bond motifs is 1. The van der Waals surface area contributed by atoms with Crippen LogP contribution in [0.5, 0.6) is 0 Å². The number of carbonyl (C=O) groups excluding carboxylic acids is 2. The highest BCUT2D eigenvalue weighted by Crippen LogP contribution is 2.15. The van der Waals surface area contributed by atoms with E-state index in [1.165, 1.54) is 17.7 Å². The van der Waals surface area contributed by atoms with Crippen molar-refractivity contribution in [1.29, 1.82) is 0 Å². The summed E-state index contributed by atoms with van der Waals surface area (Å²) < 4.78 is 10.4. The molecule has 7 heteroatoms. The zero-order valence-electron chi connectivity index (χ0n) is 15.2. The third kappa shape index (κ3) is 6.28. The largest absolute Gasteiger partial charge is 0.452 e. The Kier molecular flexibility index (Phi) is 7.26. The maximum absolute atomic E-state index is 11.7. The summed E-state index contributed by atoms with van der Waals surface area (Å²) in [6.07, 6.45) is 2.61. The molecular formula is C21H20N2O4S. The number of nitrogens with one attached hydrogen (secondary N) is 1. The van der Waals surface area contributed by atoms with Crippen molar-refractivity contribution >= 4 is 40.8 Å². The number of hydrogen-bond donors (Lipinski definition) is 1. The van der Waals surface area contributed by atoms with Gasteiger partial charge in [0.25, 0.3) is 5.91 Å². The number of hydrogen-bond acceptors (Lipinski definition) is 6. The minimum Gasteiger partial charge on any atom is -0.452 e. The summed E-state index contributed by atoms with van der Waals surface area (Å²) in [5.74, 6) is 1.02. The monoisotopic (exact) mass is 396 g/mol. The van der Waals surface area contributed by atoms with Crippen LogP contribution in [0.3, 0.4) is 0 Å². The van der Waals surface area contributed by atoms with Crippen LogP contribution in [-0.2, 0) is 20.1 Å². The van der Waals surface area contributed by atoms with E-state index in [2.05, 4.69) is 22.4 Å². The molecule has 0 radical (unpaired) electrons. The minimum atomic E-state index is -0.629. The number of aromatic nitrogens is 1. The summed E-state index contributed by atoms with van der Waals surface area (Å²) in [7, 11) is 0. The van der Waals surface area contributed by atoms with Gasteiger partial charge in [-0.15, -0.1) is 0 Å². The fraction of sp³-hybridized carbons (Fsp3) is 0.190. The number of rotatable bonds is 9. The zero-order valence-corrected chi connectivity index (χ0v) is 16.0. The van der Waals surface area contributed by atoms with E-state index in [9.17, 15) is 9.59 Å². The molecule has 3 aromatic rings. The lowest BCUT2D eigenvalue weighted by Crippen LogP contribution is -2.30. The van der Waals surface area contributed by atoms with Gasteiger partial charge in [0, 0.05) is 30.2 Å². The van der Waals surface area contributed by atoms with Gasteiger partial charge in [-0.3, -0.25) is 4.79 Å². The van der Waals surface area contributed by atoms with Crippen molar-refractivity contribution in [3.63, 3.8) is 0 Å². The Balaban J connectivity index is 1.31. The normalized spacial score (nSPS) is 11.0. The number of oxazole rings is 1. The first-order valence-electron chi connectivity index (χ1n) is 8.79. The number of thioether (sulfide) groups is 1. The second-order valence-corrected chi connectivity index (χ2v) is 6.95. The van der Waals surface area contributed by atoms with Crippen LogP contribution >= 0.6 is 11.8 Å². The average Bonchev–Trinajstić information content (AvgIpc) is 3.14. The molecule has 6 nitrogen and oxygen atoms in total. The van der Waals surface area contributed by atoms with E-state index < -0.39 is 5.97 Å². The highest BCUT2D eigenvalue weighted by Gasteiger charge is 2.06. The molecule has 2 aromatic carbocycles. The SMILES string of the molecule is O=C(COC(=O)/C=C/c1nc2ccccc2o1)NCCSCc1ccccc1. The number of amides is 1. The molecule has 28 heavy (non-hydrogen) atoms. The van der Waals surface area contributed by atoms with Crippen molar-refractivity contribution in [2.24, 2.45) is 0 Å². The van der Waals surface area contributed by atoms with Crippen LogP contribution < -0.4 is 5.32 Å². The number of benzene rings is 2. The molecule has 0 aliphatic carbocycles. The van der Waals surface area contributed by atoms with Crippen LogP contribution in [0, 0.1) is 0 Å². The smallest absolute Gasteiger partial charge is 0.331 e. The van der Waals surface area contributed by atoms with Gasteiger partial charge < -0.3 is 14.5 Å². The Morgan fingerprint density at radius 3 is 2.71 bits per heavy atom. The molecule has 0 fully saturated rings. The fourth-order valence-corrected chi connectivity index (χ4v) is 3.18. The average molecular weight is 396 g/mol. The summed E-state index contributed by atoms with van der Waals surface area (Å²) in [6, 6.07) is 17.4. The van der Waals surface area contributed by atoms with Crippen molar-refractivity contribution in [2.45, 2.75) is 5.75 Å². The second kappa shape index (κ2) is 10.3. The molecule has 0 spiro atoms. The van der Waals surface area contributed by atoms with Gasteiger partial charge in [0.2, 0.25) is 5.89 Å². The van der Waals surface area contributed by atoms with Gasteiger partial charge in [-0.1, -0.05) is 42.5 Å². The Bertz CT molecular complexity index is 920. The van der Waals surface area contributed by atoms with Crippen LogP contribution in [0.1, 0.15) is 11.5 Å². The molecule has 1 heterocycles. The highest BCUT2D eigenvalue weighted by molar-refractivity contribution is 7.98. The molecule has 1 amide bonds. The predicted molar refractivity (Wildman–Crippen MR) is 110 cm³/mol. The lowest BCUT2D eigenvalue weighted by atomic mass is 10.2. The standard InChI is InChI=1S/C21H20N2O4S/c24-19(22-12-13-28-15-16-6-2-1-3-7-16)14-26-21(25)11-10-20-23-17-8-4-5-9-18(17)27-20/h1-11H,12-15H2,(H,22,24)/b11-10+. The van der Waals surface area contributed by atoms with Gasteiger partial charge >= 0.3 is 5.97 Å². The minimum absolute atomic E-state index is 0.304. The van der Waals surface area contributed by atoms with Gasteiger partial charge in [-0.05, 0) is 17.7 Å². The van der Waals surface area contributed by atoms with E-state index in [4.69, 9.17) is 9.15 Å². The lowest BCUT2D eigenvalue weighted by molar-refractivity contribution is -0.143. The topological polar surface area (TPSA) is 81.4 Å². The molecule has 0 aliphatic rings. The molecule has 0 aliphatic heterocycles. The Hall–Kier alpha value is -3.06. The molecule has 1 N–H and O–H groups in total. The van der Waals surface area contributed by atoms with E-state index in [-0.39, 0.29) is 12.5 Å². The first-order chi connectivity index (χ1) is 13.7. The van der Waals surface area contributed by atoms with E-state index in [1.807, 2.05) is 36.4 Å². The van der Waals surface area contributed by atoms with Crippen molar-refractivity contribution < 1.29 is 18.7 Å². The van der Waals surface area contributed by atoms with E-state index in [0.29, 0.717) is 23.5 Å². The zero-order chi connectivity index (χ0) is 19.6. The van der Waals surface area contributed by atoms with Crippen LogP contribution in [0.15, 0.2) is 65.1 Å². The van der Waals surface area contributed by atoms with Crippen LogP contribution in [0.4, 0.5) is 0 Å². The van der Waals surface area contributed by atoms with Crippen LogP contribution in [-0.4, -0.2) is 35.8 Å². The van der Waals surface area contributed by atoms with Gasteiger partial charge in [-0.25, -0.2) is 9.78 Å². The van der Waals surface area contributed by atoms with E-state index >= 15 is 0 Å². The van der Waals surface area contributed by atoms with E-state index in [1.54, 1.807) is 17.8 Å². The molecule has 0 saturated carbocycles. The summed E-state index contributed by atoms with van der Waals surface area (Å²) in [4.78, 5) is 27.6. The van der Waals surface area contributed by atoms with Crippen molar-refractivity contribution in [1.82, 2.24) is 10.3 Å². The maximum atomic E-state index is 11.7. The summed E-state index contributed by atoms with van der Waals surface area (Å²) in [5, 5.41) is 2.72. The molecule has 0 bridgehead atoms. The molecule has 144 valence electrons.